The number of amides is 1. The molecule has 1 fully saturated rings. The summed E-state index contributed by atoms with van der Waals surface area (Å²) in [6.45, 7) is 0. The Kier molecular flexibility index (Phi) is 6.01. The Morgan fingerprint density at radius 2 is 1.77 bits per heavy atom. The first-order valence-electron chi connectivity index (χ1n) is 9.67. The number of anilines is 3. The van der Waals surface area contributed by atoms with E-state index in [0.717, 1.165) is 50.3 Å². The summed E-state index contributed by atoms with van der Waals surface area (Å²) in [5.74, 6) is -4.10. The molecule has 1 aliphatic rings. The van der Waals surface area contributed by atoms with Crippen LogP contribution in [0.1, 0.15) is 42.8 Å². The van der Waals surface area contributed by atoms with Gasteiger partial charge in [0.15, 0.2) is 17.5 Å². The maximum absolute atomic E-state index is 14.3. The van der Waals surface area contributed by atoms with Gasteiger partial charge in [0.25, 0.3) is 5.88 Å². The third kappa shape index (κ3) is 5.11. The van der Waals surface area contributed by atoms with Crippen molar-refractivity contribution in [3.8, 4) is 5.88 Å². The van der Waals surface area contributed by atoms with Gasteiger partial charge in [-0.2, -0.15) is 0 Å². The Morgan fingerprint density at radius 1 is 1.00 bits per heavy atom. The number of pyridine rings is 1. The molecule has 2 heterocycles. The highest BCUT2D eigenvalue weighted by molar-refractivity contribution is 6.00. The van der Waals surface area contributed by atoms with Crippen molar-refractivity contribution in [2.75, 3.05) is 10.6 Å². The number of hydrogen-bond acceptors (Lipinski definition) is 7. The third-order valence-corrected chi connectivity index (χ3v) is 4.69. The van der Waals surface area contributed by atoms with Gasteiger partial charge in [0, 0.05) is 17.8 Å². The van der Waals surface area contributed by atoms with Gasteiger partial charge in [-0.1, -0.05) is 11.5 Å². The third-order valence-electron chi connectivity index (χ3n) is 4.69. The molecule has 1 amide bonds. The Balaban J connectivity index is 1.38. The number of nitrogens with zero attached hydrogens (tertiary/aromatic N) is 3. The van der Waals surface area contributed by atoms with E-state index in [0.29, 0.717) is 0 Å². The second-order valence-electron chi connectivity index (χ2n) is 7.01. The summed E-state index contributed by atoms with van der Waals surface area (Å²) in [7, 11) is 0. The second kappa shape index (κ2) is 9.02. The fourth-order valence-electron chi connectivity index (χ4n) is 3.17. The van der Waals surface area contributed by atoms with Crippen LogP contribution in [0.15, 0.2) is 34.9 Å². The van der Waals surface area contributed by atoms with E-state index in [9.17, 15) is 18.0 Å². The summed E-state index contributed by atoms with van der Waals surface area (Å²) in [6.07, 6.45) is 6.14. The van der Waals surface area contributed by atoms with E-state index in [1.54, 1.807) is 0 Å². The lowest BCUT2D eigenvalue weighted by Crippen LogP contribution is -2.21. The van der Waals surface area contributed by atoms with Gasteiger partial charge in [-0.15, -0.1) is 5.10 Å². The van der Waals surface area contributed by atoms with Crippen molar-refractivity contribution >= 4 is 23.3 Å². The van der Waals surface area contributed by atoms with Crippen LogP contribution < -0.4 is 15.4 Å². The van der Waals surface area contributed by atoms with Crippen LogP contribution in [0.25, 0.3) is 0 Å². The Morgan fingerprint density at radius 3 is 2.52 bits per heavy atom. The highest BCUT2D eigenvalue weighted by Gasteiger charge is 2.20. The van der Waals surface area contributed by atoms with Crippen molar-refractivity contribution in [1.82, 2.24) is 15.2 Å². The van der Waals surface area contributed by atoms with E-state index in [1.807, 2.05) is 0 Å². The van der Waals surface area contributed by atoms with Crippen molar-refractivity contribution in [3.05, 3.63) is 53.8 Å². The number of ether oxygens (including phenoxy) is 1. The first kappa shape index (κ1) is 20.6. The molecule has 1 saturated carbocycles. The number of aromatic nitrogens is 3. The Labute approximate surface area is 174 Å². The van der Waals surface area contributed by atoms with Crippen LogP contribution in [0.5, 0.6) is 5.88 Å². The molecule has 0 saturated heterocycles. The molecule has 0 aliphatic heterocycles. The lowest BCUT2D eigenvalue weighted by Gasteiger charge is -2.22. The molecule has 0 radical (unpaired) electrons. The van der Waals surface area contributed by atoms with Gasteiger partial charge in [0.05, 0.1) is 11.9 Å². The molecule has 0 bridgehead atoms. The van der Waals surface area contributed by atoms with E-state index in [2.05, 4.69) is 25.8 Å². The van der Waals surface area contributed by atoms with E-state index in [1.165, 1.54) is 12.3 Å². The maximum Gasteiger partial charge on any atom is 0.320 e. The van der Waals surface area contributed by atoms with E-state index >= 15 is 0 Å². The lowest BCUT2D eigenvalue weighted by molar-refractivity contribution is 0.0990. The summed E-state index contributed by atoms with van der Waals surface area (Å²) in [5.41, 5.74) is 0.223. The molecule has 31 heavy (non-hydrogen) atoms. The van der Waals surface area contributed by atoms with Crippen molar-refractivity contribution in [3.63, 3.8) is 0 Å². The SMILES string of the molecule is O=C(Nc1cnc(OC2CCCCC2)c(F)c1)c1nnc(Nc2ccc(F)c(F)c2)o1. The molecule has 2 aromatic heterocycles. The van der Waals surface area contributed by atoms with Crippen LogP contribution in [0.2, 0.25) is 0 Å². The molecule has 11 heteroatoms. The fraction of sp³-hybridized carbons (Fsp3) is 0.300. The first-order chi connectivity index (χ1) is 15.0. The molecular formula is C20H18F3N5O3. The predicted molar refractivity (Wildman–Crippen MR) is 104 cm³/mol. The highest BCUT2D eigenvalue weighted by atomic mass is 19.2. The zero-order valence-corrected chi connectivity index (χ0v) is 16.2. The quantitative estimate of drug-likeness (QED) is 0.586. The van der Waals surface area contributed by atoms with Gasteiger partial charge in [0.1, 0.15) is 6.10 Å². The monoisotopic (exact) mass is 433 g/mol. The van der Waals surface area contributed by atoms with Gasteiger partial charge in [0.2, 0.25) is 0 Å². The Bertz CT molecular complexity index is 1090. The number of rotatable bonds is 6. The molecule has 0 atom stereocenters. The average molecular weight is 433 g/mol. The van der Waals surface area contributed by atoms with Crippen LogP contribution in [-0.2, 0) is 0 Å². The number of hydrogen-bond donors (Lipinski definition) is 2. The molecule has 1 aliphatic carbocycles. The van der Waals surface area contributed by atoms with Crippen LogP contribution in [0.3, 0.4) is 0 Å². The molecule has 8 nitrogen and oxygen atoms in total. The molecule has 3 aromatic rings. The van der Waals surface area contributed by atoms with Crippen molar-refractivity contribution in [2.24, 2.45) is 0 Å². The van der Waals surface area contributed by atoms with Crippen molar-refractivity contribution < 1.29 is 27.1 Å². The van der Waals surface area contributed by atoms with E-state index in [-0.39, 0.29) is 29.4 Å². The van der Waals surface area contributed by atoms with Crippen LogP contribution >= 0.6 is 0 Å². The van der Waals surface area contributed by atoms with Crippen LogP contribution in [0, 0.1) is 17.5 Å². The molecular weight excluding hydrogens is 415 g/mol. The molecule has 2 N–H and O–H groups in total. The zero-order chi connectivity index (χ0) is 21.8. The minimum absolute atomic E-state index is 0.0601. The lowest BCUT2D eigenvalue weighted by atomic mass is 9.98. The average Bonchev–Trinajstić information content (AvgIpc) is 3.22. The van der Waals surface area contributed by atoms with Crippen LogP contribution in [-0.4, -0.2) is 27.2 Å². The van der Waals surface area contributed by atoms with Gasteiger partial charge >= 0.3 is 17.8 Å². The molecule has 162 valence electrons. The normalized spacial score (nSPS) is 14.3. The number of carbonyl (C=O) groups is 1. The number of carbonyl (C=O) groups excluding carboxylic acids is 1. The molecule has 0 spiro atoms. The summed E-state index contributed by atoms with van der Waals surface area (Å²) in [5, 5.41) is 12.1. The minimum atomic E-state index is -1.06. The van der Waals surface area contributed by atoms with E-state index in [4.69, 9.17) is 9.15 Å². The summed E-state index contributed by atoms with van der Waals surface area (Å²) in [6, 6.07) is 3.94. The van der Waals surface area contributed by atoms with Gasteiger partial charge in [-0.05, 0) is 37.8 Å². The zero-order valence-electron chi connectivity index (χ0n) is 16.2. The maximum atomic E-state index is 14.3. The van der Waals surface area contributed by atoms with Gasteiger partial charge in [-0.25, -0.2) is 18.2 Å². The standard InChI is InChI=1S/C20H18F3N5O3/c21-14-7-6-11(8-15(14)22)26-20-28-27-19(31-20)17(29)25-12-9-16(23)18(24-10-12)30-13-4-2-1-3-5-13/h6-10,13H,1-5H2,(H,25,29)(H,26,28). The largest absolute Gasteiger partial charge is 0.472 e. The fourth-order valence-corrected chi connectivity index (χ4v) is 3.17. The summed E-state index contributed by atoms with van der Waals surface area (Å²) in [4.78, 5) is 16.2. The molecule has 4 rings (SSSR count). The van der Waals surface area contributed by atoms with Crippen LogP contribution in [0.4, 0.5) is 30.6 Å². The smallest absolute Gasteiger partial charge is 0.320 e. The first-order valence-corrected chi connectivity index (χ1v) is 9.67. The van der Waals surface area contributed by atoms with E-state index < -0.39 is 29.2 Å². The molecule has 1 aromatic carbocycles. The number of benzene rings is 1. The molecule has 0 unspecified atom stereocenters. The van der Waals surface area contributed by atoms with Crippen molar-refractivity contribution in [1.29, 1.82) is 0 Å². The Hall–Kier alpha value is -3.63. The predicted octanol–water partition coefficient (Wildman–Crippen LogP) is 4.59. The number of nitrogens with one attached hydrogen (secondary N) is 2. The van der Waals surface area contributed by atoms with Crippen molar-refractivity contribution in [2.45, 2.75) is 38.2 Å². The van der Waals surface area contributed by atoms with Gasteiger partial charge in [-0.3, -0.25) is 4.79 Å². The second-order valence-corrected chi connectivity index (χ2v) is 7.01. The number of halogens is 3. The van der Waals surface area contributed by atoms with Gasteiger partial charge < -0.3 is 19.8 Å². The summed E-state index contributed by atoms with van der Waals surface area (Å²) >= 11 is 0. The topological polar surface area (TPSA) is 102 Å². The highest BCUT2D eigenvalue weighted by Crippen LogP contribution is 2.25. The minimum Gasteiger partial charge on any atom is -0.472 e. The summed E-state index contributed by atoms with van der Waals surface area (Å²) < 4.78 is 51.3.